The van der Waals surface area contributed by atoms with Crippen LogP contribution in [0.1, 0.15) is 11.1 Å². The van der Waals surface area contributed by atoms with Gasteiger partial charge in [-0.3, -0.25) is 9.59 Å². The first kappa shape index (κ1) is 23.5. The maximum Gasteiger partial charge on any atom is 0.329 e. The van der Waals surface area contributed by atoms with Gasteiger partial charge in [-0.05, 0) is 48.0 Å². The Bertz CT molecular complexity index is 1150. The molecule has 0 saturated carbocycles. The van der Waals surface area contributed by atoms with Gasteiger partial charge in [0.1, 0.15) is 18.2 Å². The second-order valence-electron chi connectivity index (χ2n) is 6.37. The van der Waals surface area contributed by atoms with Gasteiger partial charge in [-0.2, -0.15) is 5.10 Å². The Morgan fingerprint density at radius 3 is 2.41 bits per heavy atom. The third-order valence-corrected chi connectivity index (χ3v) is 4.80. The van der Waals surface area contributed by atoms with Gasteiger partial charge in [0.05, 0.1) is 11.2 Å². The molecule has 6 nitrogen and oxygen atoms in total. The molecule has 0 bridgehead atoms. The fourth-order valence-corrected chi connectivity index (χ4v) is 3.28. The first-order valence-corrected chi connectivity index (χ1v) is 10.2. The molecule has 3 aromatic rings. The Labute approximate surface area is 197 Å². The molecule has 0 aliphatic heterocycles. The molecule has 0 fully saturated rings. The normalized spacial score (nSPS) is 10.8. The van der Waals surface area contributed by atoms with Gasteiger partial charge in [-0.1, -0.05) is 53.0 Å². The summed E-state index contributed by atoms with van der Waals surface area (Å²) in [5.74, 6) is -1.95. The summed E-state index contributed by atoms with van der Waals surface area (Å²) in [6.07, 6.45) is 1.32. The first-order chi connectivity index (χ1) is 15.3. The minimum Gasteiger partial charge on any atom is -0.489 e. The highest BCUT2D eigenvalue weighted by molar-refractivity contribution is 6.40. The summed E-state index contributed by atoms with van der Waals surface area (Å²) in [5.41, 5.74) is 3.20. The lowest BCUT2D eigenvalue weighted by molar-refractivity contribution is -0.136. The van der Waals surface area contributed by atoms with Crippen molar-refractivity contribution in [1.82, 2.24) is 5.43 Å². The van der Waals surface area contributed by atoms with Crippen LogP contribution in [-0.2, 0) is 16.2 Å². The van der Waals surface area contributed by atoms with Gasteiger partial charge in [0.2, 0.25) is 0 Å². The molecule has 3 aromatic carbocycles. The Hall–Kier alpha value is -3.13. The number of hydrogen-bond acceptors (Lipinski definition) is 4. The number of hydrogen-bond donors (Lipinski definition) is 2. The molecule has 2 amide bonds. The van der Waals surface area contributed by atoms with E-state index >= 15 is 0 Å². The van der Waals surface area contributed by atoms with Gasteiger partial charge >= 0.3 is 11.8 Å². The van der Waals surface area contributed by atoms with Gasteiger partial charge in [0, 0.05) is 21.3 Å². The third kappa shape index (κ3) is 6.68. The summed E-state index contributed by atoms with van der Waals surface area (Å²) >= 11 is 17.7. The molecule has 32 heavy (non-hydrogen) atoms. The third-order valence-electron chi connectivity index (χ3n) is 4.01. The predicted molar refractivity (Wildman–Crippen MR) is 123 cm³/mol. The van der Waals surface area contributed by atoms with Crippen LogP contribution in [-0.4, -0.2) is 18.0 Å². The van der Waals surface area contributed by atoms with Crippen molar-refractivity contribution in [1.29, 1.82) is 0 Å². The SMILES string of the molecule is O=C(N/N=C/c1cccc(OCc2c(F)cccc2Cl)c1)C(=O)Nc1cc(Cl)cc(Cl)c1. The van der Waals surface area contributed by atoms with Crippen molar-refractivity contribution >= 4 is 58.5 Å². The second-order valence-corrected chi connectivity index (χ2v) is 7.65. The molecule has 0 aliphatic carbocycles. The average molecular weight is 495 g/mol. The van der Waals surface area contributed by atoms with Crippen LogP contribution in [0.25, 0.3) is 0 Å². The minimum atomic E-state index is -0.987. The number of rotatable bonds is 6. The summed E-state index contributed by atoms with van der Waals surface area (Å²) in [6, 6.07) is 15.5. The topological polar surface area (TPSA) is 79.8 Å². The molecule has 0 spiro atoms. The smallest absolute Gasteiger partial charge is 0.329 e. The van der Waals surface area contributed by atoms with Crippen LogP contribution in [0.2, 0.25) is 15.1 Å². The Kier molecular flexibility index (Phi) is 8.05. The van der Waals surface area contributed by atoms with Crippen LogP contribution in [0.5, 0.6) is 5.75 Å². The molecule has 0 aliphatic rings. The quantitative estimate of drug-likeness (QED) is 0.271. The summed E-state index contributed by atoms with van der Waals surface area (Å²) in [4.78, 5) is 23.9. The van der Waals surface area contributed by atoms with Crippen molar-refractivity contribution in [2.75, 3.05) is 5.32 Å². The Balaban J connectivity index is 1.56. The summed E-state index contributed by atoms with van der Waals surface area (Å²) < 4.78 is 19.4. The van der Waals surface area contributed by atoms with Crippen LogP contribution in [0.3, 0.4) is 0 Å². The van der Waals surface area contributed by atoms with E-state index in [0.717, 1.165) is 0 Å². The van der Waals surface area contributed by atoms with Crippen LogP contribution >= 0.6 is 34.8 Å². The molecule has 0 unspecified atom stereocenters. The number of nitrogens with one attached hydrogen (secondary N) is 2. The number of hydrazone groups is 1. The maximum atomic E-state index is 13.8. The van der Waals surface area contributed by atoms with E-state index in [1.807, 2.05) is 0 Å². The lowest BCUT2D eigenvalue weighted by Crippen LogP contribution is -2.32. The zero-order chi connectivity index (χ0) is 23.1. The maximum absolute atomic E-state index is 13.8. The molecule has 0 saturated heterocycles. The van der Waals surface area contributed by atoms with Crippen molar-refractivity contribution in [3.05, 3.63) is 92.7 Å². The number of amides is 2. The van der Waals surface area contributed by atoms with Crippen LogP contribution < -0.4 is 15.5 Å². The molecular formula is C22H15Cl3FN3O3. The number of benzene rings is 3. The molecule has 0 aromatic heterocycles. The number of carbonyl (C=O) groups is 2. The largest absolute Gasteiger partial charge is 0.489 e. The van der Waals surface area contributed by atoms with Crippen molar-refractivity contribution in [2.24, 2.45) is 5.10 Å². The minimum absolute atomic E-state index is 0.0590. The lowest BCUT2D eigenvalue weighted by Gasteiger charge is -2.09. The number of anilines is 1. The number of nitrogens with zero attached hydrogens (tertiary/aromatic N) is 1. The van der Waals surface area contributed by atoms with Gasteiger partial charge in [0.15, 0.2) is 0 Å². The van der Waals surface area contributed by atoms with Gasteiger partial charge in [-0.25, -0.2) is 9.82 Å². The summed E-state index contributed by atoms with van der Waals surface area (Å²) in [7, 11) is 0. The fourth-order valence-electron chi connectivity index (χ4n) is 2.54. The van der Waals surface area contributed by atoms with Gasteiger partial charge in [-0.15, -0.1) is 0 Å². The molecule has 2 N–H and O–H groups in total. The van der Waals surface area contributed by atoms with Gasteiger partial charge < -0.3 is 10.1 Å². The number of carbonyl (C=O) groups excluding carboxylic acids is 2. The molecule has 164 valence electrons. The monoisotopic (exact) mass is 493 g/mol. The van der Waals surface area contributed by atoms with Crippen molar-refractivity contribution in [3.8, 4) is 5.75 Å². The molecule has 0 atom stereocenters. The first-order valence-electron chi connectivity index (χ1n) is 9.08. The second kappa shape index (κ2) is 10.9. The van der Waals surface area contributed by atoms with E-state index < -0.39 is 17.6 Å². The van der Waals surface area contributed by atoms with Crippen LogP contribution in [0.4, 0.5) is 10.1 Å². The van der Waals surface area contributed by atoms with E-state index in [1.165, 1.54) is 36.5 Å². The van der Waals surface area contributed by atoms with E-state index in [9.17, 15) is 14.0 Å². The van der Waals surface area contributed by atoms with Gasteiger partial charge in [0.25, 0.3) is 0 Å². The molecule has 0 radical (unpaired) electrons. The number of halogens is 4. The summed E-state index contributed by atoms with van der Waals surface area (Å²) in [6.45, 7) is -0.0590. The van der Waals surface area contributed by atoms with Crippen molar-refractivity contribution in [2.45, 2.75) is 6.61 Å². The Morgan fingerprint density at radius 1 is 0.969 bits per heavy atom. The Morgan fingerprint density at radius 2 is 1.69 bits per heavy atom. The van der Waals surface area contributed by atoms with Crippen molar-refractivity contribution < 1.29 is 18.7 Å². The average Bonchev–Trinajstić information content (AvgIpc) is 2.73. The molecule has 10 heteroatoms. The van der Waals surface area contributed by atoms with Crippen molar-refractivity contribution in [3.63, 3.8) is 0 Å². The zero-order valence-corrected chi connectivity index (χ0v) is 18.5. The highest BCUT2D eigenvalue weighted by Gasteiger charge is 2.13. The molecule has 3 rings (SSSR count). The summed E-state index contributed by atoms with van der Waals surface area (Å²) in [5, 5.41) is 7.01. The van der Waals surface area contributed by atoms with Crippen LogP contribution in [0, 0.1) is 5.82 Å². The number of ether oxygens (including phenoxy) is 1. The van der Waals surface area contributed by atoms with E-state index in [4.69, 9.17) is 39.5 Å². The van der Waals surface area contributed by atoms with E-state index in [-0.39, 0.29) is 22.9 Å². The molecular weight excluding hydrogens is 480 g/mol. The molecule has 0 heterocycles. The van der Waals surface area contributed by atoms with E-state index in [2.05, 4.69) is 15.8 Å². The lowest BCUT2D eigenvalue weighted by atomic mass is 10.2. The van der Waals surface area contributed by atoms with E-state index in [0.29, 0.717) is 21.4 Å². The highest BCUT2D eigenvalue weighted by atomic mass is 35.5. The highest BCUT2D eigenvalue weighted by Crippen LogP contribution is 2.23. The van der Waals surface area contributed by atoms with E-state index in [1.54, 1.807) is 30.3 Å². The standard InChI is InChI=1S/C22H15Cl3FN3O3/c23-14-8-15(24)10-16(9-14)28-21(30)22(31)29-27-11-13-3-1-4-17(7-13)32-12-18-19(25)5-2-6-20(18)26/h1-11H,12H2,(H,28,30)(H,29,31)/b27-11+. The fraction of sp³-hybridized carbons (Fsp3) is 0.0455. The predicted octanol–water partition coefficient (Wildman–Crippen LogP) is 5.45. The zero-order valence-electron chi connectivity index (χ0n) is 16.2. The van der Waals surface area contributed by atoms with Crippen LogP contribution in [0.15, 0.2) is 65.8 Å².